The highest BCUT2D eigenvalue weighted by atomic mass is 32.2. The molecule has 0 fully saturated rings. The quantitative estimate of drug-likeness (QED) is 0.139. The van der Waals surface area contributed by atoms with Gasteiger partial charge in [-0.1, -0.05) is 70.0 Å². The molecule has 5 nitrogen and oxygen atoms in total. The first-order valence-corrected chi connectivity index (χ1v) is 14.1. The first-order valence-electron chi connectivity index (χ1n) is 12.1. The third kappa shape index (κ3) is 7.40. The van der Waals surface area contributed by atoms with E-state index >= 15 is 0 Å². The highest BCUT2D eigenvalue weighted by molar-refractivity contribution is 8.12. The number of halogens is 3. The van der Waals surface area contributed by atoms with E-state index in [4.69, 9.17) is 4.98 Å². The van der Waals surface area contributed by atoms with E-state index in [1.54, 1.807) is 16.8 Å². The van der Waals surface area contributed by atoms with Crippen LogP contribution in [0.25, 0.3) is 16.9 Å². The van der Waals surface area contributed by atoms with E-state index in [1.807, 2.05) is 32.0 Å². The smallest absolute Gasteiger partial charge is 0.370 e. The molecule has 2 unspecified atom stereocenters. The number of fused-ring (bicyclic) bond motifs is 1. The third-order valence-corrected chi connectivity index (χ3v) is 7.33. The summed E-state index contributed by atoms with van der Waals surface area (Å²) in [6.07, 6.45) is -0.870. The largest absolute Gasteiger partial charge is 0.416 e. The summed E-state index contributed by atoms with van der Waals surface area (Å²) in [5.41, 5.74) is 3.23. The van der Waals surface area contributed by atoms with E-state index < -0.39 is 22.4 Å². The Morgan fingerprint density at radius 3 is 2.49 bits per heavy atom. The monoisotopic (exact) mass is 547 g/mol. The lowest BCUT2D eigenvalue weighted by atomic mass is 10.1. The van der Waals surface area contributed by atoms with Gasteiger partial charge in [-0.2, -0.15) is 22.8 Å². The Labute approximate surface area is 221 Å². The summed E-state index contributed by atoms with van der Waals surface area (Å²) < 4.78 is 43.9. The third-order valence-electron chi connectivity index (χ3n) is 5.55. The maximum atomic E-state index is 12.9. The minimum absolute atomic E-state index is 0.549. The van der Waals surface area contributed by atoms with Gasteiger partial charge < -0.3 is 5.32 Å². The Morgan fingerprint density at radius 1 is 1.03 bits per heavy atom. The molecule has 2 aromatic carbocycles. The van der Waals surface area contributed by atoms with Gasteiger partial charge in [0.2, 0.25) is 0 Å². The molecule has 0 saturated heterocycles. The molecule has 0 amide bonds. The molecule has 0 spiro atoms. The molecule has 198 valence electrons. The lowest BCUT2D eigenvalue weighted by Crippen LogP contribution is -2.13. The summed E-state index contributed by atoms with van der Waals surface area (Å²) in [5, 5.41) is 8.82. The predicted molar refractivity (Wildman–Crippen MR) is 154 cm³/mol. The average molecular weight is 548 g/mol. The number of aromatic nitrogens is 3. The highest BCUT2D eigenvalue weighted by Crippen LogP contribution is 2.32. The highest BCUT2D eigenvalue weighted by Gasteiger charge is 2.30. The van der Waals surface area contributed by atoms with Crippen molar-refractivity contribution in [2.75, 3.05) is 18.4 Å². The summed E-state index contributed by atoms with van der Waals surface area (Å²) in [6, 6.07) is 15.5. The van der Waals surface area contributed by atoms with Crippen LogP contribution in [0.3, 0.4) is 0 Å². The second kappa shape index (κ2) is 13.2. The zero-order valence-electron chi connectivity index (χ0n) is 21.3. The summed E-state index contributed by atoms with van der Waals surface area (Å²) in [7, 11) is 1.97. The van der Waals surface area contributed by atoms with Crippen LogP contribution in [0.2, 0.25) is 0 Å². The van der Waals surface area contributed by atoms with Crippen molar-refractivity contribution in [2.45, 2.75) is 44.7 Å². The van der Waals surface area contributed by atoms with E-state index in [0.29, 0.717) is 18.0 Å². The fourth-order valence-electron chi connectivity index (χ4n) is 3.67. The molecule has 4 aromatic rings. The normalized spacial score (nSPS) is 12.2. The Hall–Kier alpha value is -2.74. The number of hydrogen-bond donors (Lipinski definition) is 2. The van der Waals surface area contributed by atoms with Gasteiger partial charge in [0.1, 0.15) is 5.82 Å². The molecule has 0 aliphatic carbocycles. The molecular formula is C27H33F3N5PS. The van der Waals surface area contributed by atoms with Gasteiger partial charge >= 0.3 is 6.18 Å². The molecular weight excluding hydrogens is 514 g/mol. The minimum atomic E-state index is -4.35. The molecule has 2 atom stereocenters. The van der Waals surface area contributed by atoms with Crippen LogP contribution in [-0.4, -0.2) is 33.6 Å². The average Bonchev–Trinajstić information content (AvgIpc) is 3.27. The molecule has 2 aromatic heterocycles. The van der Waals surface area contributed by atoms with Crippen molar-refractivity contribution < 1.29 is 13.2 Å². The van der Waals surface area contributed by atoms with Crippen molar-refractivity contribution in [3.05, 3.63) is 71.9 Å². The van der Waals surface area contributed by atoms with Crippen molar-refractivity contribution in [2.24, 2.45) is 0 Å². The maximum Gasteiger partial charge on any atom is 0.416 e. The number of anilines is 1. The van der Waals surface area contributed by atoms with Crippen LogP contribution in [0.5, 0.6) is 0 Å². The fraction of sp³-hybridized carbons (Fsp3) is 0.296. The predicted octanol–water partition coefficient (Wildman–Crippen LogP) is 6.71. The van der Waals surface area contributed by atoms with Gasteiger partial charge in [-0.15, -0.1) is 0 Å². The maximum absolute atomic E-state index is 12.9. The van der Waals surface area contributed by atoms with Gasteiger partial charge in [0.15, 0.2) is 5.65 Å². The minimum Gasteiger partial charge on any atom is -0.370 e. The zero-order chi connectivity index (χ0) is 27.0. The number of unbranched alkanes of at least 4 members (excludes halogenated alkanes) is 1. The summed E-state index contributed by atoms with van der Waals surface area (Å²) in [5.74, 6) is 4.85. The van der Waals surface area contributed by atoms with Crippen molar-refractivity contribution in [3.63, 3.8) is 0 Å². The van der Waals surface area contributed by atoms with Gasteiger partial charge in [0.25, 0.3) is 0 Å². The van der Waals surface area contributed by atoms with E-state index in [0.717, 1.165) is 58.6 Å². The molecule has 2 heterocycles. The van der Waals surface area contributed by atoms with Crippen molar-refractivity contribution >= 4 is 42.5 Å². The standard InChI is InChI=1S/C25H27F3N5PS.C2H6/c1-17-8-3-4-11-20(17)21-15-23(33-24(32-21)22(34)16-30-33)29-12-5-6-13-31-35(2)19-10-7-9-18(14-19)25(26,27)28;1-2/h3-4,7-11,14-16,29,31H,2,5-6,12-13,34H2,1H3;1-2H3. The van der Waals surface area contributed by atoms with Crippen LogP contribution >= 0.6 is 19.9 Å². The van der Waals surface area contributed by atoms with E-state index in [-0.39, 0.29) is 0 Å². The molecule has 37 heavy (non-hydrogen) atoms. The number of nitrogens with zero attached hydrogens (tertiary/aromatic N) is 3. The van der Waals surface area contributed by atoms with Crippen LogP contribution < -0.4 is 15.3 Å². The van der Waals surface area contributed by atoms with Gasteiger partial charge in [0, 0.05) is 34.9 Å². The van der Waals surface area contributed by atoms with Crippen LogP contribution in [0.4, 0.5) is 19.0 Å². The Kier molecular flexibility index (Phi) is 10.3. The lowest BCUT2D eigenvalue weighted by molar-refractivity contribution is -0.137. The van der Waals surface area contributed by atoms with Crippen LogP contribution in [0.1, 0.15) is 37.8 Å². The molecule has 2 N–H and O–H groups in total. The van der Waals surface area contributed by atoms with Crippen LogP contribution in [0, 0.1) is 6.92 Å². The number of aryl methyl sites for hydroxylation is 1. The lowest BCUT2D eigenvalue weighted by Gasteiger charge is -2.14. The summed E-state index contributed by atoms with van der Waals surface area (Å²) in [6.45, 7) is 7.44. The Morgan fingerprint density at radius 2 is 1.76 bits per heavy atom. The summed E-state index contributed by atoms with van der Waals surface area (Å²) >= 11 is 0. The number of rotatable bonds is 9. The van der Waals surface area contributed by atoms with Crippen molar-refractivity contribution in [1.82, 2.24) is 19.3 Å². The Bertz CT molecular complexity index is 1350. The topological polar surface area (TPSA) is 54.2 Å². The van der Waals surface area contributed by atoms with Gasteiger partial charge in [-0.05, 0) is 43.5 Å². The molecule has 10 heteroatoms. The summed E-state index contributed by atoms with van der Waals surface area (Å²) in [4.78, 5) is 5.36. The molecule has 4 rings (SSSR count). The number of hydrogen-bond acceptors (Lipinski definition) is 4. The van der Waals surface area contributed by atoms with Crippen LogP contribution in [-0.2, 0) is 6.18 Å². The molecule has 0 saturated carbocycles. The van der Waals surface area contributed by atoms with Gasteiger partial charge in [-0.3, -0.25) is 4.72 Å². The fourth-order valence-corrected chi connectivity index (χ4v) is 5.00. The number of alkyl halides is 3. The van der Waals surface area contributed by atoms with Crippen LogP contribution in [0.15, 0.2) is 65.7 Å². The van der Waals surface area contributed by atoms with Crippen molar-refractivity contribution in [3.8, 4) is 11.3 Å². The SMILES string of the molecule is C=S(NCCCCNc1cc(-c2ccccc2C)nc2c(P)cnn12)c1cccc(C(F)(F)F)c1.CC. The zero-order valence-corrected chi connectivity index (χ0v) is 23.2. The van der Waals surface area contributed by atoms with E-state index in [1.165, 1.54) is 6.07 Å². The van der Waals surface area contributed by atoms with Crippen molar-refractivity contribution in [1.29, 1.82) is 0 Å². The van der Waals surface area contributed by atoms with E-state index in [2.05, 4.69) is 49.3 Å². The molecule has 0 bridgehead atoms. The molecule has 0 radical (unpaired) electrons. The first kappa shape index (κ1) is 28.8. The van der Waals surface area contributed by atoms with Gasteiger partial charge in [-0.25, -0.2) is 4.98 Å². The number of nitrogens with one attached hydrogen (secondary N) is 2. The van der Waals surface area contributed by atoms with Gasteiger partial charge in [0.05, 0.1) is 17.5 Å². The first-order chi connectivity index (χ1) is 17.7. The molecule has 0 aliphatic rings. The number of benzene rings is 2. The van der Waals surface area contributed by atoms with E-state index in [9.17, 15) is 13.2 Å². The second-order valence-corrected chi connectivity index (χ2v) is 10.3. The molecule has 0 aliphatic heterocycles. The second-order valence-electron chi connectivity index (χ2n) is 8.12. The Balaban J connectivity index is 0.00000186.